The van der Waals surface area contributed by atoms with Crippen LogP contribution < -0.4 is 11.3 Å². The summed E-state index contributed by atoms with van der Waals surface area (Å²) in [5.74, 6) is 5.18. The number of halogens is 2. The molecule has 0 amide bonds. The highest BCUT2D eigenvalue weighted by Gasteiger charge is 2.12. The van der Waals surface area contributed by atoms with Crippen molar-refractivity contribution in [2.75, 3.05) is 0 Å². The summed E-state index contributed by atoms with van der Waals surface area (Å²) in [6.45, 7) is 0. The summed E-state index contributed by atoms with van der Waals surface area (Å²) in [6, 6.07) is 6.29. The van der Waals surface area contributed by atoms with Crippen LogP contribution >= 0.6 is 11.6 Å². The van der Waals surface area contributed by atoms with E-state index >= 15 is 0 Å². The van der Waals surface area contributed by atoms with E-state index in [-0.39, 0.29) is 11.9 Å². The quantitative estimate of drug-likeness (QED) is 0.648. The molecule has 0 saturated carbocycles. The summed E-state index contributed by atoms with van der Waals surface area (Å²) in [7, 11) is 0. The number of hydrogen-bond acceptors (Lipinski definition) is 3. The highest BCUT2D eigenvalue weighted by molar-refractivity contribution is 6.31. The number of hydrazine groups is 1. The molecule has 0 radical (unpaired) electrons. The standard InChI is InChI=1S/C13H14ClFN2O/c14-13-7-11(15)2-1-10(13)6-12(17-16)5-9-3-4-18-8-9/h1-4,7-8,12,17H,5-6,16H2. The summed E-state index contributed by atoms with van der Waals surface area (Å²) in [5, 5.41) is 0.419. The van der Waals surface area contributed by atoms with E-state index in [1.807, 2.05) is 6.07 Å². The third-order valence-electron chi connectivity index (χ3n) is 2.78. The largest absolute Gasteiger partial charge is 0.472 e. The summed E-state index contributed by atoms with van der Waals surface area (Å²) in [5.41, 5.74) is 4.65. The maximum atomic E-state index is 12.9. The van der Waals surface area contributed by atoms with Crippen molar-refractivity contribution in [1.29, 1.82) is 0 Å². The molecule has 0 aliphatic carbocycles. The Kier molecular flexibility index (Phi) is 4.36. The first-order valence-electron chi connectivity index (χ1n) is 5.60. The third kappa shape index (κ3) is 3.32. The zero-order valence-electron chi connectivity index (χ0n) is 9.70. The van der Waals surface area contributed by atoms with Gasteiger partial charge >= 0.3 is 0 Å². The van der Waals surface area contributed by atoms with Gasteiger partial charge in [-0.05, 0) is 42.2 Å². The van der Waals surface area contributed by atoms with E-state index in [0.29, 0.717) is 11.4 Å². The Morgan fingerprint density at radius 3 is 2.78 bits per heavy atom. The smallest absolute Gasteiger partial charge is 0.124 e. The molecule has 0 aliphatic rings. The van der Waals surface area contributed by atoms with Crippen molar-refractivity contribution in [2.24, 2.45) is 5.84 Å². The summed E-state index contributed by atoms with van der Waals surface area (Å²) in [4.78, 5) is 0. The van der Waals surface area contributed by atoms with Crippen molar-refractivity contribution < 1.29 is 8.81 Å². The highest BCUT2D eigenvalue weighted by Crippen LogP contribution is 2.19. The number of benzene rings is 1. The van der Waals surface area contributed by atoms with Crippen LogP contribution in [0.3, 0.4) is 0 Å². The second-order valence-corrected chi connectivity index (χ2v) is 4.55. The molecule has 1 aromatic carbocycles. The van der Waals surface area contributed by atoms with E-state index in [4.69, 9.17) is 21.9 Å². The SMILES string of the molecule is NNC(Cc1ccoc1)Cc1ccc(F)cc1Cl. The molecule has 2 rings (SSSR count). The molecule has 96 valence electrons. The van der Waals surface area contributed by atoms with Crippen molar-refractivity contribution in [2.45, 2.75) is 18.9 Å². The zero-order valence-corrected chi connectivity index (χ0v) is 10.5. The van der Waals surface area contributed by atoms with Gasteiger partial charge in [-0.3, -0.25) is 11.3 Å². The average Bonchev–Trinajstić information content (AvgIpc) is 2.84. The molecule has 18 heavy (non-hydrogen) atoms. The first-order valence-corrected chi connectivity index (χ1v) is 5.98. The van der Waals surface area contributed by atoms with Gasteiger partial charge in [-0.25, -0.2) is 4.39 Å². The average molecular weight is 269 g/mol. The molecule has 5 heteroatoms. The fraction of sp³-hybridized carbons (Fsp3) is 0.231. The molecule has 3 N–H and O–H groups in total. The summed E-state index contributed by atoms with van der Waals surface area (Å²) >= 11 is 5.99. The molecule has 3 nitrogen and oxygen atoms in total. The van der Waals surface area contributed by atoms with Crippen molar-refractivity contribution in [3.05, 3.63) is 58.8 Å². The molecular weight excluding hydrogens is 255 g/mol. The third-order valence-corrected chi connectivity index (χ3v) is 3.13. The van der Waals surface area contributed by atoms with Crippen molar-refractivity contribution in [1.82, 2.24) is 5.43 Å². The Hall–Kier alpha value is -1.36. The van der Waals surface area contributed by atoms with Gasteiger partial charge in [0.25, 0.3) is 0 Å². The van der Waals surface area contributed by atoms with E-state index in [9.17, 15) is 4.39 Å². The minimum atomic E-state index is -0.337. The lowest BCUT2D eigenvalue weighted by Crippen LogP contribution is -2.38. The molecular formula is C13H14ClFN2O. The van der Waals surface area contributed by atoms with Crippen LogP contribution in [0.1, 0.15) is 11.1 Å². The molecule has 0 spiro atoms. The number of rotatable bonds is 5. The second kappa shape index (κ2) is 6.00. The van der Waals surface area contributed by atoms with Crippen LogP contribution in [0.25, 0.3) is 0 Å². The Labute approximate surface area is 110 Å². The van der Waals surface area contributed by atoms with E-state index in [0.717, 1.165) is 17.5 Å². The monoisotopic (exact) mass is 268 g/mol. The van der Waals surface area contributed by atoms with Gasteiger partial charge in [0.05, 0.1) is 12.5 Å². The van der Waals surface area contributed by atoms with Crippen LogP contribution in [0.2, 0.25) is 5.02 Å². The molecule has 1 unspecified atom stereocenters. The number of nitrogens with one attached hydrogen (secondary N) is 1. The fourth-order valence-corrected chi connectivity index (χ4v) is 2.08. The minimum Gasteiger partial charge on any atom is -0.472 e. The Balaban J connectivity index is 2.05. The molecule has 0 saturated heterocycles. The number of nitrogens with two attached hydrogens (primary N) is 1. The van der Waals surface area contributed by atoms with Gasteiger partial charge in [0.15, 0.2) is 0 Å². The molecule has 2 aromatic rings. The van der Waals surface area contributed by atoms with Gasteiger partial charge in [-0.1, -0.05) is 17.7 Å². The van der Waals surface area contributed by atoms with Gasteiger partial charge in [0.2, 0.25) is 0 Å². The van der Waals surface area contributed by atoms with E-state index < -0.39 is 0 Å². The van der Waals surface area contributed by atoms with E-state index in [2.05, 4.69) is 5.43 Å². The zero-order chi connectivity index (χ0) is 13.0. The molecule has 1 heterocycles. The first-order chi connectivity index (χ1) is 8.69. The van der Waals surface area contributed by atoms with E-state index in [1.165, 1.54) is 12.1 Å². The first kappa shape index (κ1) is 13.1. The van der Waals surface area contributed by atoms with Crippen LogP contribution in [-0.4, -0.2) is 6.04 Å². The molecule has 0 bridgehead atoms. The second-order valence-electron chi connectivity index (χ2n) is 4.14. The summed E-state index contributed by atoms with van der Waals surface area (Å²) in [6.07, 6.45) is 4.64. The van der Waals surface area contributed by atoms with Crippen molar-refractivity contribution in [3.8, 4) is 0 Å². The minimum absolute atomic E-state index is 0.0190. The lowest BCUT2D eigenvalue weighted by Gasteiger charge is -2.15. The van der Waals surface area contributed by atoms with Crippen LogP contribution in [0, 0.1) is 5.82 Å². The Morgan fingerprint density at radius 2 is 2.17 bits per heavy atom. The maximum absolute atomic E-state index is 12.9. The molecule has 0 fully saturated rings. The molecule has 0 aliphatic heterocycles. The highest BCUT2D eigenvalue weighted by atomic mass is 35.5. The van der Waals surface area contributed by atoms with Gasteiger partial charge in [-0.2, -0.15) is 0 Å². The lowest BCUT2D eigenvalue weighted by molar-refractivity contribution is 0.514. The predicted molar refractivity (Wildman–Crippen MR) is 68.6 cm³/mol. The summed E-state index contributed by atoms with van der Waals surface area (Å²) < 4.78 is 17.9. The van der Waals surface area contributed by atoms with Crippen LogP contribution in [0.15, 0.2) is 41.2 Å². The van der Waals surface area contributed by atoms with Gasteiger partial charge in [0, 0.05) is 11.1 Å². The molecule has 1 atom stereocenters. The van der Waals surface area contributed by atoms with Crippen molar-refractivity contribution >= 4 is 11.6 Å². The van der Waals surface area contributed by atoms with Crippen molar-refractivity contribution in [3.63, 3.8) is 0 Å². The Morgan fingerprint density at radius 1 is 1.33 bits per heavy atom. The van der Waals surface area contributed by atoms with E-state index in [1.54, 1.807) is 18.6 Å². The van der Waals surface area contributed by atoms with Crippen LogP contribution in [-0.2, 0) is 12.8 Å². The van der Waals surface area contributed by atoms with Gasteiger partial charge in [-0.15, -0.1) is 0 Å². The number of hydrogen-bond donors (Lipinski definition) is 2. The topological polar surface area (TPSA) is 51.2 Å². The lowest BCUT2D eigenvalue weighted by atomic mass is 10.0. The van der Waals surface area contributed by atoms with Crippen LogP contribution in [0.4, 0.5) is 4.39 Å². The fourth-order valence-electron chi connectivity index (χ4n) is 1.84. The normalized spacial score (nSPS) is 12.6. The van der Waals surface area contributed by atoms with Gasteiger partial charge < -0.3 is 4.42 Å². The molecule has 1 aromatic heterocycles. The predicted octanol–water partition coefficient (Wildman–Crippen LogP) is 2.69. The Bertz CT molecular complexity index is 502. The number of furan rings is 1. The van der Waals surface area contributed by atoms with Crippen LogP contribution in [0.5, 0.6) is 0 Å². The maximum Gasteiger partial charge on any atom is 0.124 e. The van der Waals surface area contributed by atoms with Gasteiger partial charge in [0.1, 0.15) is 5.82 Å².